The van der Waals surface area contributed by atoms with E-state index >= 15 is 0 Å². The van der Waals surface area contributed by atoms with Crippen molar-refractivity contribution in [3.63, 3.8) is 0 Å². The first-order valence-corrected chi connectivity index (χ1v) is 20.9. The van der Waals surface area contributed by atoms with Gasteiger partial charge in [0.25, 0.3) is 5.91 Å². The lowest BCUT2D eigenvalue weighted by atomic mass is 9.99. The van der Waals surface area contributed by atoms with Gasteiger partial charge in [-0.1, -0.05) is 23.8 Å². The first-order valence-electron chi connectivity index (χ1n) is 19.9. The minimum absolute atomic E-state index is 0.00935. The van der Waals surface area contributed by atoms with Crippen LogP contribution in [0, 0.1) is 11.6 Å². The molecule has 2 aliphatic heterocycles. The molecule has 4 amide bonds. The largest absolute Gasteiger partial charge is 0.480 e. The van der Waals surface area contributed by atoms with E-state index in [0.29, 0.717) is 61.9 Å². The number of hydrogen-bond donors (Lipinski definition) is 5. The van der Waals surface area contributed by atoms with E-state index in [1.54, 1.807) is 35.1 Å². The zero-order valence-corrected chi connectivity index (χ0v) is 34.5. The molecule has 58 heavy (non-hydrogen) atoms. The molecule has 0 bridgehead atoms. The van der Waals surface area contributed by atoms with Gasteiger partial charge in [-0.15, -0.1) is 5.10 Å². The Morgan fingerprint density at radius 3 is 2.57 bits per heavy atom. The van der Waals surface area contributed by atoms with Crippen molar-refractivity contribution >= 4 is 35.4 Å². The quantitative estimate of drug-likeness (QED) is 0.0658. The van der Waals surface area contributed by atoms with Crippen LogP contribution in [0.4, 0.5) is 13.6 Å². The lowest BCUT2D eigenvalue weighted by Gasteiger charge is -2.30. The molecule has 1 aromatic heterocycles. The fourth-order valence-corrected chi connectivity index (χ4v) is 8.60. The van der Waals surface area contributed by atoms with E-state index in [0.717, 1.165) is 37.1 Å². The summed E-state index contributed by atoms with van der Waals surface area (Å²) in [4.78, 5) is 50.9. The first-order chi connectivity index (χ1) is 27.6. The lowest BCUT2D eigenvalue weighted by molar-refractivity contribution is -0.124. The molecular weight excluding hydrogens is 771 g/mol. The average molecular weight is 827 g/mol. The zero-order chi connectivity index (χ0) is 41.9. The molecule has 316 valence electrons. The number of unbranched alkanes of at least 4 members (excludes halogenated alkanes) is 2. The van der Waals surface area contributed by atoms with Crippen molar-refractivity contribution in [1.82, 2.24) is 36.3 Å². The number of hydrogen-bond acceptors (Lipinski definition) is 10. The molecule has 0 aliphatic carbocycles. The van der Waals surface area contributed by atoms with Crippen molar-refractivity contribution < 1.29 is 37.4 Å². The minimum atomic E-state index is -0.971. The topological polar surface area (TPSA) is 192 Å². The van der Waals surface area contributed by atoms with Crippen LogP contribution >= 0.6 is 11.8 Å². The molecule has 6 N–H and O–H groups in total. The smallest absolute Gasteiger partial charge is 0.315 e. The van der Waals surface area contributed by atoms with Gasteiger partial charge in [-0.25, -0.2) is 18.3 Å². The summed E-state index contributed by atoms with van der Waals surface area (Å²) in [6, 6.07) is 9.26. The van der Waals surface area contributed by atoms with Gasteiger partial charge in [-0.2, -0.15) is 11.8 Å². The number of ether oxygens (including phenoxy) is 2. The summed E-state index contributed by atoms with van der Waals surface area (Å²) in [7, 11) is 0. The van der Waals surface area contributed by atoms with E-state index in [4.69, 9.17) is 15.2 Å². The number of aromatic nitrogens is 3. The number of benzene rings is 2. The van der Waals surface area contributed by atoms with Crippen LogP contribution in [0.3, 0.4) is 0 Å². The summed E-state index contributed by atoms with van der Waals surface area (Å²) in [5, 5.41) is 20.8. The van der Waals surface area contributed by atoms with E-state index in [9.17, 15) is 28.0 Å². The number of para-hydroxylation sites is 1. The molecule has 0 saturated carbocycles. The van der Waals surface area contributed by atoms with Crippen LogP contribution in [0.2, 0.25) is 0 Å². The Bertz CT molecular complexity index is 1870. The van der Waals surface area contributed by atoms with Crippen molar-refractivity contribution in [3.05, 3.63) is 71.6 Å². The third-order valence-electron chi connectivity index (χ3n) is 10.2. The highest BCUT2D eigenvalue weighted by Crippen LogP contribution is 2.33. The predicted octanol–water partition coefficient (Wildman–Crippen LogP) is 4.77. The second-order valence-corrected chi connectivity index (χ2v) is 17.4. The SMILES string of the molecule is CC(C)(CCOC(C)(C)Cc1cn(-c2cccc(C(=O)NC(CCCCN)C(=O)COc3c(F)cccc3F)c2)nn1)NC(=O)CCCCC1SCC2NC(=O)NC21. The molecular formula is C41H56F2N8O6S. The number of nitrogens with zero attached hydrogens (tertiary/aromatic N) is 3. The molecule has 0 radical (unpaired) electrons. The van der Waals surface area contributed by atoms with Gasteiger partial charge in [0, 0.05) is 41.6 Å². The van der Waals surface area contributed by atoms with Gasteiger partial charge in [-0.05, 0) is 103 Å². The summed E-state index contributed by atoms with van der Waals surface area (Å²) in [5.41, 5.74) is 6.07. The maximum absolute atomic E-state index is 14.1. The number of Topliss-reactive ketones (excluding diaryl/α,β-unsaturated/α-hetero) is 1. The van der Waals surface area contributed by atoms with Crippen molar-refractivity contribution in [1.29, 1.82) is 0 Å². The lowest BCUT2D eigenvalue weighted by Crippen LogP contribution is -2.44. The summed E-state index contributed by atoms with van der Waals surface area (Å²) in [6.07, 6.45) is 7.37. The van der Waals surface area contributed by atoms with Gasteiger partial charge in [-0.3, -0.25) is 14.4 Å². The maximum Gasteiger partial charge on any atom is 0.315 e. The Hall–Kier alpha value is -4.61. The van der Waals surface area contributed by atoms with Crippen molar-refractivity contribution in [2.75, 3.05) is 25.5 Å². The van der Waals surface area contributed by atoms with Crippen molar-refractivity contribution in [2.24, 2.45) is 5.73 Å². The first kappa shape index (κ1) is 44.5. The van der Waals surface area contributed by atoms with E-state index in [1.807, 2.05) is 39.5 Å². The second kappa shape index (κ2) is 20.4. The highest BCUT2D eigenvalue weighted by Gasteiger charge is 2.42. The van der Waals surface area contributed by atoms with Crippen LogP contribution in [-0.4, -0.2) is 98.6 Å². The van der Waals surface area contributed by atoms with Crippen LogP contribution in [0.1, 0.15) is 95.1 Å². The average Bonchev–Trinajstić information content (AvgIpc) is 3.88. The molecule has 5 rings (SSSR count). The molecule has 2 aliphatic rings. The Morgan fingerprint density at radius 2 is 1.81 bits per heavy atom. The number of nitrogens with two attached hydrogens (primary N) is 1. The zero-order valence-electron chi connectivity index (χ0n) is 33.7. The van der Waals surface area contributed by atoms with E-state index in [1.165, 1.54) is 6.07 Å². The van der Waals surface area contributed by atoms with Crippen molar-refractivity contribution in [2.45, 2.75) is 120 Å². The molecule has 2 aromatic carbocycles. The van der Waals surface area contributed by atoms with Crippen LogP contribution < -0.4 is 31.7 Å². The molecule has 0 spiro atoms. The maximum atomic E-state index is 14.1. The number of rotatable bonds is 23. The van der Waals surface area contributed by atoms with Gasteiger partial charge in [0.2, 0.25) is 5.91 Å². The van der Waals surface area contributed by atoms with E-state index in [-0.39, 0.29) is 36.0 Å². The standard InChI is InChI=1S/C41H56F2N8O6S/c1-40(2,48-35(53)17-6-5-16-34-36-32(25-58-34)46-39(55)47-36)18-20-57-41(3,4)22-27-23-51(50-49-27)28-12-9-11-26(21-28)38(54)45-31(15-7-8-19-44)33(52)24-56-37-29(42)13-10-14-30(37)43/h9-14,21,23,31-32,34,36H,5-8,15-20,22,24-25,44H2,1-4H3,(H,45,54)(H,48,53)(H2,46,47,55). The van der Waals surface area contributed by atoms with E-state index < -0.39 is 52.9 Å². The Balaban J connectivity index is 1.06. The molecule has 4 unspecified atom stereocenters. The number of ketones is 1. The van der Waals surface area contributed by atoms with Crippen LogP contribution in [0.5, 0.6) is 5.75 Å². The number of fused-ring (bicyclic) bond motifs is 1. The Labute approximate surface area is 342 Å². The number of halogens is 2. The summed E-state index contributed by atoms with van der Waals surface area (Å²) in [6.45, 7) is 8.07. The fraction of sp³-hybridized carbons (Fsp3) is 0.561. The summed E-state index contributed by atoms with van der Waals surface area (Å²) in [5.74, 6) is -2.64. The predicted molar refractivity (Wildman–Crippen MR) is 217 cm³/mol. The number of carbonyl (C=O) groups is 4. The minimum Gasteiger partial charge on any atom is -0.480 e. The Morgan fingerprint density at radius 1 is 1.05 bits per heavy atom. The summed E-state index contributed by atoms with van der Waals surface area (Å²) >= 11 is 1.88. The normalized spacial score (nSPS) is 18.3. The van der Waals surface area contributed by atoms with Gasteiger partial charge in [0.15, 0.2) is 23.2 Å². The molecule has 2 fully saturated rings. The summed E-state index contributed by atoms with van der Waals surface area (Å²) < 4.78 is 41.1. The van der Waals surface area contributed by atoms with Crippen molar-refractivity contribution in [3.8, 4) is 11.4 Å². The third-order valence-corrected chi connectivity index (χ3v) is 11.7. The monoisotopic (exact) mass is 826 g/mol. The van der Waals surface area contributed by atoms with Crippen LogP contribution in [0.15, 0.2) is 48.7 Å². The van der Waals surface area contributed by atoms with Gasteiger partial charge >= 0.3 is 6.03 Å². The molecule has 17 heteroatoms. The number of amides is 4. The molecule has 2 saturated heterocycles. The van der Waals surface area contributed by atoms with Gasteiger partial charge in [0.05, 0.1) is 41.3 Å². The number of nitrogens with one attached hydrogen (secondary N) is 4. The van der Waals surface area contributed by atoms with E-state index in [2.05, 4.69) is 31.6 Å². The number of thioether (sulfide) groups is 1. The fourth-order valence-electron chi connectivity index (χ4n) is 7.05. The second-order valence-electron chi connectivity index (χ2n) is 16.2. The van der Waals surface area contributed by atoms with Gasteiger partial charge < -0.3 is 36.5 Å². The molecule has 3 aromatic rings. The van der Waals surface area contributed by atoms with Gasteiger partial charge in [0.1, 0.15) is 6.61 Å². The number of urea groups is 1. The molecule has 4 atom stereocenters. The molecule has 3 heterocycles. The molecule has 14 nitrogen and oxygen atoms in total. The third kappa shape index (κ3) is 12.9. The van der Waals surface area contributed by atoms with Crippen LogP contribution in [0.25, 0.3) is 5.69 Å². The number of carbonyl (C=O) groups excluding carboxylic acids is 4. The Kier molecular flexibility index (Phi) is 15.6. The highest BCUT2D eigenvalue weighted by atomic mass is 32.2. The van der Waals surface area contributed by atoms with Crippen LogP contribution in [-0.2, 0) is 20.7 Å². The highest BCUT2D eigenvalue weighted by molar-refractivity contribution is 8.00.